The fourth-order valence-electron chi connectivity index (χ4n) is 2.64. The summed E-state index contributed by atoms with van der Waals surface area (Å²) in [5.41, 5.74) is 0.921. The van der Waals surface area contributed by atoms with Gasteiger partial charge < -0.3 is 15.3 Å². The number of carbonyl (C=O) groups is 2. The molecule has 114 valence electrons. The number of hydrogen-bond acceptors (Lipinski definition) is 3. The average molecular weight is 291 g/mol. The Labute approximate surface area is 124 Å². The predicted molar refractivity (Wildman–Crippen MR) is 81.7 cm³/mol. The minimum absolute atomic E-state index is 0.232. The zero-order valence-corrected chi connectivity index (χ0v) is 12.8. The Balaban J connectivity index is 2.41. The number of fused-ring (bicyclic) bond motifs is 1. The van der Waals surface area contributed by atoms with E-state index in [1.165, 1.54) is 9.80 Å². The summed E-state index contributed by atoms with van der Waals surface area (Å²) in [6.45, 7) is 5.61. The molecule has 2 amide bonds. The lowest BCUT2D eigenvalue weighted by Crippen LogP contribution is -2.58. The molecule has 0 radical (unpaired) electrons. The van der Waals surface area contributed by atoms with Crippen LogP contribution in [0.15, 0.2) is 24.3 Å². The van der Waals surface area contributed by atoms with Gasteiger partial charge in [-0.15, -0.1) is 0 Å². The monoisotopic (exact) mass is 291 g/mol. The normalized spacial score (nSPS) is 18.6. The summed E-state index contributed by atoms with van der Waals surface area (Å²) >= 11 is 0. The Hall–Kier alpha value is -2.24. The number of anilines is 2. The molecule has 2 rings (SSSR count). The molecule has 1 aliphatic heterocycles. The van der Waals surface area contributed by atoms with Gasteiger partial charge in [0.25, 0.3) is 5.91 Å². The maximum Gasteiger partial charge on any atom is 0.408 e. The topological polar surface area (TPSA) is 72.9 Å². The third kappa shape index (κ3) is 2.79. The van der Waals surface area contributed by atoms with Crippen LogP contribution in [-0.4, -0.2) is 47.2 Å². The first-order valence-corrected chi connectivity index (χ1v) is 6.86. The highest BCUT2D eigenvalue weighted by Gasteiger charge is 2.40. The molecule has 0 unspecified atom stereocenters. The van der Waals surface area contributed by atoms with Gasteiger partial charge in [-0.2, -0.15) is 0 Å². The molecule has 6 nitrogen and oxygen atoms in total. The van der Waals surface area contributed by atoms with Crippen LogP contribution in [-0.2, 0) is 4.79 Å². The number of rotatable bonds is 1. The second-order valence-electron chi connectivity index (χ2n) is 6.13. The number of carbonyl (C=O) groups excluding carboxylic acids is 1. The lowest BCUT2D eigenvalue weighted by molar-refractivity contribution is -0.124. The van der Waals surface area contributed by atoms with E-state index in [-0.39, 0.29) is 12.5 Å². The lowest BCUT2D eigenvalue weighted by atomic mass is 10.0. The summed E-state index contributed by atoms with van der Waals surface area (Å²) in [4.78, 5) is 27.0. The van der Waals surface area contributed by atoms with Gasteiger partial charge in [-0.25, -0.2) is 4.79 Å². The van der Waals surface area contributed by atoms with Crippen molar-refractivity contribution in [1.29, 1.82) is 0 Å². The van der Waals surface area contributed by atoms with Crippen LogP contribution in [0.3, 0.4) is 0 Å². The number of para-hydroxylation sites is 2. The molecule has 0 saturated carbocycles. The van der Waals surface area contributed by atoms with Gasteiger partial charge in [-0.05, 0) is 32.9 Å². The maximum absolute atomic E-state index is 12.7. The zero-order chi connectivity index (χ0) is 15.8. The van der Waals surface area contributed by atoms with Crippen LogP contribution in [0.25, 0.3) is 0 Å². The quantitative estimate of drug-likeness (QED) is 0.832. The Morgan fingerprint density at radius 1 is 1.38 bits per heavy atom. The van der Waals surface area contributed by atoms with E-state index in [0.29, 0.717) is 0 Å². The van der Waals surface area contributed by atoms with Crippen molar-refractivity contribution < 1.29 is 14.7 Å². The van der Waals surface area contributed by atoms with Crippen molar-refractivity contribution in [3.05, 3.63) is 24.3 Å². The standard InChI is InChI=1S/C15H21N3O3/c1-15(2,3)18(14(20)21)12-9-16-10-7-5-6-8-11(10)17(4)13(12)19/h5-8,12,16H,9H2,1-4H3,(H,20,21)/t12-/m1/s1. The van der Waals surface area contributed by atoms with Crippen LogP contribution in [0.4, 0.5) is 16.2 Å². The van der Waals surface area contributed by atoms with Gasteiger partial charge in [0.05, 0.1) is 11.4 Å². The Kier molecular flexibility index (Phi) is 3.80. The van der Waals surface area contributed by atoms with Crippen molar-refractivity contribution >= 4 is 23.4 Å². The second kappa shape index (κ2) is 5.27. The summed E-state index contributed by atoms with van der Waals surface area (Å²) in [6, 6.07) is 6.68. The van der Waals surface area contributed by atoms with Crippen LogP contribution >= 0.6 is 0 Å². The van der Waals surface area contributed by atoms with E-state index in [1.807, 2.05) is 24.3 Å². The van der Waals surface area contributed by atoms with Crippen molar-refractivity contribution in [2.45, 2.75) is 32.4 Å². The molecule has 6 heteroatoms. The van der Waals surface area contributed by atoms with Gasteiger partial charge >= 0.3 is 6.09 Å². The molecule has 1 aromatic rings. The van der Waals surface area contributed by atoms with Crippen molar-refractivity contribution in [3.63, 3.8) is 0 Å². The van der Waals surface area contributed by atoms with Crippen molar-refractivity contribution in [2.24, 2.45) is 0 Å². The van der Waals surface area contributed by atoms with Crippen LogP contribution in [0.5, 0.6) is 0 Å². The van der Waals surface area contributed by atoms with Crippen molar-refractivity contribution in [3.8, 4) is 0 Å². The number of nitrogens with zero attached hydrogens (tertiary/aromatic N) is 2. The summed E-state index contributed by atoms with van der Waals surface area (Å²) in [6.07, 6.45) is -1.10. The SMILES string of the molecule is CN1C(=O)[C@H](N(C(=O)O)C(C)(C)C)CNc2ccccc21. The molecule has 0 saturated heterocycles. The minimum atomic E-state index is -1.10. The molecule has 1 aromatic carbocycles. The third-order valence-corrected chi connectivity index (χ3v) is 3.61. The van der Waals surface area contributed by atoms with Crippen molar-refractivity contribution in [1.82, 2.24) is 4.90 Å². The lowest BCUT2D eigenvalue weighted by Gasteiger charge is -2.39. The van der Waals surface area contributed by atoms with Crippen LogP contribution in [0.1, 0.15) is 20.8 Å². The van der Waals surface area contributed by atoms with Gasteiger partial charge in [0.15, 0.2) is 0 Å². The number of likely N-dealkylation sites (N-methyl/N-ethyl adjacent to an activating group) is 1. The van der Waals surface area contributed by atoms with Gasteiger partial charge in [-0.1, -0.05) is 12.1 Å². The summed E-state index contributed by atoms with van der Waals surface area (Å²) in [5.74, 6) is -0.232. The van der Waals surface area contributed by atoms with E-state index in [4.69, 9.17) is 0 Å². The molecular formula is C15H21N3O3. The molecule has 0 aliphatic carbocycles. The van der Waals surface area contributed by atoms with Crippen LogP contribution in [0.2, 0.25) is 0 Å². The molecule has 21 heavy (non-hydrogen) atoms. The zero-order valence-electron chi connectivity index (χ0n) is 12.8. The number of hydrogen-bond donors (Lipinski definition) is 2. The van der Waals surface area contributed by atoms with Gasteiger partial charge in [-0.3, -0.25) is 9.69 Å². The van der Waals surface area contributed by atoms with E-state index >= 15 is 0 Å². The van der Waals surface area contributed by atoms with E-state index in [2.05, 4.69) is 5.32 Å². The third-order valence-electron chi connectivity index (χ3n) is 3.61. The van der Waals surface area contributed by atoms with Gasteiger partial charge in [0, 0.05) is 19.1 Å². The van der Waals surface area contributed by atoms with E-state index in [0.717, 1.165) is 11.4 Å². The van der Waals surface area contributed by atoms with E-state index in [9.17, 15) is 14.7 Å². The molecule has 0 aromatic heterocycles. The molecular weight excluding hydrogens is 270 g/mol. The van der Waals surface area contributed by atoms with Crippen LogP contribution < -0.4 is 10.2 Å². The number of nitrogens with one attached hydrogen (secondary N) is 1. The highest BCUT2D eigenvalue weighted by Crippen LogP contribution is 2.30. The first-order chi connectivity index (χ1) is 9.73. The highest BCUT2D eigenvalue weighted by molar-refractivity contribution is 6.02. The predicted octanol–water partition coefficient (Wildman–Crippen LogP) is 2.22. The van der Waals surface area contributed by atoms with Gasteiger partial charge in [0.1, 0.15) is 6.04 Å². The Morgan fingerprint density at radius 3 is 2.57 bits per heavy atom. The molecule has 1 atom stereocenters. The Bertz CT molecular complexity index is 566. The first-order valence-electron chi connectivity index (χ1n) is 6.86. The van der Waals surface area contributed by atoms with E-state index < -0.39 is 17.7 Å². The molecule has 1 heterocycles. The highest BCUT2D eigenvalue weighted by atomic mass is 16.4. The van der Waals surface area contributed by atoms with E-state index in [1.54, 1.807) is 27.8 Å². The van der Waals surface area contributed by atoms with Gasteiger partial charge in [0.2, 0.25) is 0 Å². The smallest absolute Gasteiger partial charge is 0.408 e. The molecule has 0 spiro atoms. The molecule has 0 bridgehead atoms. The number of carboxylic acid groups (broad SMARTS) is 1. The fraction of sp³-hybridized carbons (Fsp3) is 0.467. The Morgan fingerprint density at radius 2 is 2.00 bits per heavy atom. The summed E-state index contributed by atoms with van der Waals surface area (Å²) in [5, 5.41) is 12.7. The molecule has 1 aliphatic rings. The molecule has 0 fully saturated rings. The number of benzene rings is 1. The maximum atomic E-state index is 12.7. The summed E-state index contributed by atoms with van der Waals surface area (Å²) < 4.78 is 0. The minimum Gasteiger partial charge on any atom is -0.465 e. The first kappa shape index (κ1) is 15.2. The largest absolute Gasteiger partial charge is 0.465 e. The summed E-state index contributed by atoms with van der Waals surface area (Å²) in [7, 11) is 1.67. The average Bonchev–Trinajstić information content (AvgIpc) is 2.50. The molecule has 2 N–H and O–H groups in total. The number of amides is 2. The van der Waals surface area contributed by atoms with Crippen LogP contribution in [0, 0.1) is 0 Å². The van der Waals surface area contributed by atoms with Crippen molar-refractivity contribution in [2.75, 3.05) is 23.8 Å². The fourth-order valence-corrected chi connectivity index (χ4v) is 2.64. The second-order valence-corrected chi connectivity index (χ2v) is 6.13.